The second kappa shape index (κ2) is 6.28. The van der Waals surface area contributed by atoms with Crippen LogP contribution in [0.25, 0.3) is 0 Å². The molecule has 4 nitrogen and oxygen atoms in total. The molecule has 1 aromatic carbocycles. The summed E-state index contributed by atoms with van der Waals surface area (Å²) in [6, 6.07) is 5.63. The van der Waals surface area contributed by atoms with E-state index in [-0.39, 0.29) is 11.8 Å². The Labute approximate surface area is 109 Å². The van der Waals surface area contributed by atoms with Crippen molar-refractivity contribution in [1.82, 2.24) is 0 Å². The second-order valence-corrected chi connectivity index (χ2v) is 4.59. The number of benzene rings is 1. The van der Waals surface area contributed by atoms with Crippen molar-refractivity contribution in [3.05, 3.63) is 18.2 Å². The fourth-order valence-electron chi connectivity index (χ4n) is 1.77. The predicted octanol–water partition coefficient (Wildman–Crippen LogP) is 2.71. The molecular weight excluding hydrogens is 226 g/mol. The van der Waals surface area contributed by atoms with Crippen LogP contribution in [0.2, 0.25) is 0 Å². The predicted molar refractivity (Wildman–Crippen MR) is 77.9 cm³/mol. The lowest BCUT2D eigenvalue weighted by Gasteiger charge is -2.24. The normalized spacial score (nSPS) is 10.5. The molecule has 4 heteroatoms. The van der Waals surface area contributed by atoms with E-state index in [4.69, 9.17) is 5.73 Å². The monoisotopic (exact) mass is 249 g/mol. The number of carbonyl (C=O) groups is 1. The number of nitrogens with zero attached hydrogens (tertiary/aromatic N) is 1. The van der Waals surface area contributed by atoms with Gasteiger partial charge in [0.2, 0.25) is 5.91 Å². The van der Waals surface area contributed by atoms with Crippen molar-refractivity contribution in [2.45, 2.75) is 27.7 Å². The smallest absolute Gasteiger partial charge is 0.226 e. The van der Waals surface area contributed by atoms with Crippen LogP contribution in [-0.4, -0.2) is 19.0 Å². The van der Waals surface area contributed by atoms with E-state index in [0.717, 1.165) is 24.5 Å². The van der Waals surface area contributed by atoms with E-state index in [2.05, 4.69) is 24.1 Å². The van der Waals surface area contributed by atoms with E-state index in [1.54, 1.807) is 0 Å². The molecule has 1 amide bonds. The fraction of sp³-hybridized carbons (Fsp3) is 0.500. The number of amides is 1. The maximum absolute atomic E-state index is 11.8. The number of nitrogens with one attached hydrogen (secondary N) is 1. The number of nitrogen functional groups attached to an aromatic ring is 1. The summed E-state index contributed by atoms with van der Waals surface area (Å²) < 4.78 is 0. The molecule has 0 atom stereocenters. The molecule has 0 heterocycles. The molecule has 18 heavy (non-hydrogen) atoms. The van der Waals surface area contributed by atoms with Crippen molar-refractivity contribution in [3.63, 3.8) is 0 Å². The topological polar surface area (TPSA) is 58.4 Å². The molecule has 1 rings (SSSR count). The van der Waals surface area contributed by atoms with E-state index >= 15 is 0 Å². The first-order valence-electron chi connectivity index (χ1n) is 6.44. The molecule has 0 aliphatic carbocycles. The third-order valence-corrected chi connectivity index (χ3v) is 2.91. The van der Waals surface area contributed by atoms with Gasteiger partial charge in [0.1, 0.15) is 0 Å². The molecule has 0 bridgehead atoms. The molecular formula is C14H23N3O. The largest absolute Gasteiger partial charge is 0.399 e. The third kappa shape index (κ3) is 3.39. The lowest BCUT2D eigenvalue weighted by atomic mass is 10.1. The average Bonchev–Trinajstić information content (AvgIpc) is 2.33. The van der Waals surface area contributed by atoms with E-state index in [1.807, 2.05) is 32.0 Å². The number of hydrogen-bond donors (Lipinski definition) is 2. The minimum Gasteiger partial charge on any atom is -0.399 e. The van der Waals surface area contributed by atoms with E-state index in [9.17, 15) is 4.79 Å². The van der Waals surface area contributed by atoms with Crippen molar-refractivity contribution < 1.29 is 4.79 Å². The van der Waals surface area contributed by atoms with Crippen molar-refractivity contribution >= 4 is 23.0 Å². The SMILES string of the molecule is CCN(CC)c1ccc(N)cc1NC(=O)C(C)C. The Morgan fingerprint density at radius 2 is 1.94 bits per heavy atom. The van der Waals surface area contributed by atoms with Gasteiger partial charge < -0.3 is 16.0 Å². The summed E-state index contributed by atoms with van der Waals surface area (Å²) in [4.78, 5) is 14.0. The molecule has 0 unspecified atom stereocenters. The molecule has 0 aliphatic rings. The number of rotatable bonds is 5. The summed E-state index contributed by atoms with van der Waals surface area (Å²) >= 11 is 0. The van der Waals surface area contributed by atoms with Gasteiger partial charge in [0, 0.05) is 24.7 Å². The molecule has 3 N–H and O–H groups in total. The summed E-state index contributed by atoms with van der Waals surface area (Å²) in [5.74, 6) is -0.0370. The first-order chi connectivity index (χ1) is 8.49. The summed E-state index contributed by atoms with van der Waals surface area (Å²) in [5.41, 5.74) is 8.26. The lowest BCUT2D eigenvalue weighted by Crippen LogP contribution is -2.25. The van der Waals surface area contributed by atoms with Crippen LogP contribution >= 0.6 is 0 Å². The highest BCUT2D eigenvalue weighted by Crippen LogP contribution is 2.28. The molecule has 0 saturated carbocycles. The zero-order valence-electron chi connectivity index (χ0n) is 11.7. The Morgan fingerprint density at radius 3 is 2.44 bits per heavy atom. The van der Waals surface area contributed by atoms with Crippen LogP contribution in [0.4, 0.5) is 17.1 Å². The summed E-state index contributed by atoms with van der Waals surface area (Å²) in [6.45, 7) is 9.72. The first kappa shape index (κ1) is 14.4. The van der Waals surface area contributed by atoms with Crippen LogP contribution in [0.15, 0.2) is 18.2 Å². The number of carbonyl (C=O) groups excluding carboxylic acids is 1. The molecule has 100 valence electrons. The van der Waals surface area contributed by atoms with Gasteiger partial charge >= 0.3 is 0 Å². The minimum atomic E-state index is -0.0454. The maximum atomic E-state index is 11.8. The van der Waals surface area contributed by atoms with Crippen LogP contribution in [0.3, 0.4) is 0 Å². The highest BCUT2D eigenvalue weighted by Gasteiger charge is 2.13. The Morgan fingerprint density at radius 1 is 1.33 bits per heavy atom. The number of hydrogen-bond acceptors (Lipinski definition) is 3. The Hall–Kier alpha value is -1.71. The number of nitrogens with two attached hydrogens (primary N) is 1. The first-order valence-corrected chi connectivity index (χ1v) is 6.44. The van der Waals surface area contributed by atoms with Crippen LogP contribution in [0.5, 0.6) is 0 Å². The molecule has 1 aromatic rings. The van der Waals surface area contributed by atoms with Crippen LogP contribution in [0.1, 0.15) is 27.7 Å². The Bertz CT molecular complexity index is 412. The molecule has 0 saturated heterocycles. The highest BCUT2D eigenvalue weighted by atomic mass is 16.1. The van der Waals surface area contributed by atoms with Crippen molar-refractivity contribution in [2.24, 2.45) is 5.92 Å². The van der Waals surface area contributed by atoms with Crippen molar-refractivity contribution in [2.75, 3.05) is 29.0 Å². The molecule has 0 aliphatic heterocycles. The maximum Gasteiger partial charge on any atom is 0.226 e. The van der Waals surface area contributed by atoms with Crippen molar-refractivity contribution in [3.8, 4) is 0 Å². The molecule has 0 aromatic heterocycles. The van der Waals surface area contributed by atoms with E-state index in [0.29, 0.717) is 5.69 Å². The van der Waals surface area contributed by atoms with Crippen LogP contribution in [0, 0.1) is 5.92 Å². The summed E-state index contributed by atoms with van der Waals surface area (Å²) in [6.07, 6.45) is 0. The van der Waals surface area contributed by atoms with Gasteiger partial charge in [0.05, 0.1) is 11.4 Å². The standard InChI is InChI=1S/C14H23N3O/c1-5-17(6-2)13-8-7-11(15)9-12(13)16-14(18)10(3)4/h7-10H,5-6,15H2,1-4H3,(H,16,18). The summed E-state index contributed by atoms with van der Waals surface area (Å²) in [7, 11) is 0. The van der Waals surface area contributed by atoms with Gasteiger partial charge in [-0.15, -0.1) is 0 Å². The van der Waals surface area contributed by atoms with Gasteiger partial charge in [-0.05, 0) is 32.0 Å². The van der Waals surface area contributed by atoms with E-state index in [1.165, 1.54) is 0 Å². The van der Waals surface area contributed by atoms with E-state index < -0.39 is 0 Å². The van der Waals surface area contributed by atoms with Gasteiger partial charge in [-0.3, -0.25) is 4.79 Å². The highest BCUT2D eigenvalue weighted by molar-refractivity contribution is 5.96. The fourth-order valence-corrected chi connectivity index (χ4v) is 1.77. The third-order valence-electron chi connectivity index (χ3n) is 2.91. The van der Waals surface area contributed by atoms with Gasteiger partial charge in [-0.2, -0.15) is 0 Å². The molecule has 0 fully saturated rings. The Kier molecular flexibility index (Phi) is 5.01. The van der Waals surface area contributed by atoms with Gasteiger partial charge in [-0.25, -0.2) is 0 Å². The molecule has 0 radical (unpaired) electrons. The van der Waals surface area contributed by atoms with Crippen LogP contribution < -0.4 is 16.0 Å². The average molecular weight is 249 g/mol. The lowest BCUT2D eigenvalue weighted by molar-refractivity contribution is -0.118. The van der Waals surface area contributed by atoms with Gasteiger partial charge in [0.25, 0.3) is 0 Å². The second-order valence-electron chi connectivity index (χ2n) is 4.59. The quantitative estimate of drug-likeness (QED) is 0.789. The summed E-state index contributed by atoms with van der Waals surface area (Å²) in [5, 5.41) is 2.94. The zero-order chi connectivity index (χ0) is 13.7. The zero-order valence-corrected chi connectivity index (χ0v) is 11.7. The van der Waals surface area contributed by atoms with Gasteiger partial charge in [0.15, 0.2) is 0 Å². The Balaban J connectivity index is 3.07. The van der Waals surface area contributed by atoms with Gasteiger partial charge in [-0.1, -0.05) is 13.8 Å². The van der Waals surface area contributed by atoms with Crippen LogP contribution in [-0.2, 0) is 4.79 Å². The molecule has 0 spiro atoms. The number of anilines is 3. The minimum absolute atomic E-state index is 0.00834. The van der Waals surface area contributed by atoms with Crippen molar-refractivity contribution in [1.29, 1.82) is 0 Å².